The minimum absolute atomic E-state index is 0.0248. The zero-order chi connectivity index (χ0) is 26.8. The van der Waals surface area contributed by atoms with Gasteiger partial charge < -0.3 is 24.6 Å². The highest BCUT2D eigenvalue weighted by molar-refractivity contribution is 5.75. The van der Waals surface area contributed by atoms with Crippen molar-refractivity contribution in [2.24, 2.45) is 5.92 Å². The number of carbonyl (C=O) groups is 2. The van der Waals surface area contributed by atoms with E-state index in [0.29, 0.717) is 24.7 Å². The van der Waals surface area contributed by atoms with Gasteiger partial charge in [0, 0.05) is 0 Å². The maximum Gasteiger partial charge on any atom is 0.323 e. The molecule has 36 heavy (non-hydrogen) atoms. The van der Waals surface area contributed by atoms with Gasteiger partial charge in [0.25, 0.3) is 6.47 Å². The van der Waals surface area contributed by atoms with Crippen molar-refractivity contribution < 1.29 is 28.9 Å². The second kappa shape index (κ2) is 17.4. The average molecular weight is 502 g/mol. The van der Waals surface area contributed by atoms with Crippen LogP contribution in [0.5, 0.6) is 11.5 Å². The molecule has 3 rings (SSSR count). The van der Waals surface area contributed by atoms with Crippen molar-refractivity contribution in [2.45, 2.75) is 77.5 Å². The van der Waals surface area contributed by atoms with Crippen LogP contribution in [-0.4, -0.2) is 48.9 Å². The third kappa shape index (κ3) is 15.0. The summed E-state index contributed by atoms with van der Waals surface area (Å²) in [7, 11) is 1.82. The Morgan fingerprint density at radius 1 is 1.06 bits per heavy atom. The number of aromatic hydroxyl groups is 1. The van der Waals surface area contributed by atoms with E-state index in [9.17, 15) is 9.59 Å². The summed E-state index contributed by atoms with van der Waals surface area (Å²) in [6.45, 7) is 8.62. The van der Waals surface area contributed by atoms with E-state index >= 15 is 0 Å². The normalized spacial score (nSPS) is 19.9. The third-order valence-corrected chi connectivity index (χ3v) is 5.42. The van der Waals surface area contributed by atoms with Gasteiger partial charge >= 0.3 is 5.97 Å². The van der Waals surface area contributed by atoms with Crippen LogP contribution in [0.15, 0.2) is 60.7 Å². The molecule has 7 heteroatoms. The molecule has 1 heterocycles. The lowest BCUT2D eigenvalue weighted by molar-refractivity contribution is -0.151. The Kier molecular flexibility index (Phi) is 15.0. The standard InChI is InChI=1S/C18H27NO3.C6H6O.C5H10O2/c1-14-13-15(7-6-10-17(19-2)18(20)22-14)11-12-21-16-8-4-3-5-9-16;7-6-4-2-1-3-5-6;1-5(2,3)7-4-6/h3-5,8-9,14-15,17,19H,6-7,10-13H2,1-2H3;1-5,7H;4H,1-3H3/t14?,15?,17-;;/m0../s1. The lowest BCUT2D eigenvalue weighted by Gasteiger charge is -2.20. The molecule has 0 amide bonds. The number of esters is 1. The number of ether oxygens (including phenoxy) is 3. The number of cyclic esters (lactones) is 1. The topological polar surface area (TPSA) is 94.1 Å². The Labute approximate surface area is 216 Å². The number of hydrogen-bond donors (Lipinski definition) is 2. The van der Waals surface area contributed by atoms with Crippen molar-refractivity contribution in [1.82, 2.24) is 5.32 Å². The molecule has 0 saturated carbocycles. The third-order valence-electron chi connectivity index (χ3n) is 5.42. The van der Waals surface area contributed by atoms with E-state index in [4.69, 9.17) is 14.6 Å². The Morgan fingerprint density at radius 3 is 2.14 bits per heavy atom. The van der Waals surface area contributed by atoms with Crippen LogP contribution in [0, 0.1) is 5.92 Å². The van der Waals surface area contributed by atoms with Gasteiger partial charge in [0.15, 0.2) is 0 Å². The first kappa shape index (κ1) is 31.0. The second-order valence-electron chi connectivity index (χ2n) is 9.73. The first-order valence-electron chi connectivity index (χ1n) is 12.6. The van der Waals surface area contributed by atoms with Crippen LogP contribution in [0.1, 0.15) is 59.8 Å². The van der Waals surface area contributed by atoms with E-state index in [-0.39, 0.29) is 23.7 Å². The van der Waals surface area contributed by atoms with Crippen LogP contribution >= 0.6 is 0 Å². The van der Waals surface area contributed by atoms with Gasteiger partial charge in [-0.2, -0.15) is 0 Å². The maximum atomic E-state index is 12.0. The van der Waals surface area contributed by atoms with Crippen LogP contribution in [0.4, 0.5) is 0 Å². The lowest BCUT2D eigenvalue weighted by atomic mass is 9.92. The smallest absolute Gasteiger partial charge is 0.323 e. The number of nitrogens with one attached hydrogen (secondary N) is 1. The highest BCUT2D eigenvalue weighted by Crippen LogP contribution is 2.24. The van der Waals surface area contributed by atoms with Crippen molar-refractivity contribution in [2.75, 3.05) is 13.7 Å². The van der Waals surface area contributed by atoms with E-state index < -0.39 is 0 Å². The molecule has 3 atom stereocenters. The molecule has 0 aromatic heterocycles. The largest absolute Gasteiger partial charge is 0.508 e. The number of para-hydroxylation sites is 2. The van der Waals surface area contributed by atoms with E-state index in [1.165, 1.54) is 0 Å². The summed E-state index contributed by atoms with van der Waals surface area (Å²) in [5.41, 5.74) is -0.318. The summed E-state index contributed by atoms with van der Waals surface area (Å²) in [6, 6.07) is 18.4. The highest BCUT2D eigenvalue weighted by atomic mass is 16.5. The molecule has 1 aliphatic rings. The van der Waals surface area contributed by atoms with Gasteiger partial charge in [0.05, 0.1) is 12.7 Å². The molecule has 0 radical (unpaired) electrons. The number of rotatable bonds is 6. The molecular weight excluding hydrogens is 458 g/mol. The van der Waals surface area contributed by atoms with Crippen molar-refractivity contribution in [3.63, 3.8) is 0 Å². The molecule has 0 aliphatic carbocycles. The fourth-order valence-corrected chi connectivity index (χ4v) is 3.60. The molecule has 7 nitrogen and oxygen atoms in total. The molecule has 0 bridgehead atoms. The molecule has 2 unspecified atom stereocenters. The monoisotopic (exact) mass is 501 g/mol. The zero-order valence-electron chi connectivity index (χ0n) is 22.3. The van der Waals surface area contributed by atoms with Crippen LogP contribution < -0.4 is 10.1 Å². The summed E-state index contributed by atoms with van der Waals surface area (Å²) in [4.78, 5) is 21.6. The number of carbonyl (C=O) groups excluding carboxylic acids is 2. The number of phenols is 1. The van der Waals surface area contributed by atoms with E-state index in [0.717, 1.165) is 37.9 Å². The Morgan fingerprint density at radius 2 is 1.67 bits per heavy atom. The van der Waals surface area contributed by atoms with Gasteiger partial charge in [-0.3, -0.25) is 9.59 Å². The molecule has 0 spiro atoms. The van der Waals surface area contributed by atoms with Gasteiger partial charge in [-0.25, -0.2) is 0 Å². The number of hydrogen-bond acceptors (Lipinski definition) is 7. The predicted octanol–water partition coefficient (Wildman–Crippen LogP) is 5.52. The Hall–Kier alpha value is -3.06. The van der Waals surface area contributed by atoms with Crippen LogP contribution in [0.2, 0.25) is 0 Å². The summed E-state index contributed by atoms with van der Waals surface area (Å²) in [6.07, 6.45) is 4.91. The molecule has 1 fully saturated rings. The van der Waals surface area contributed by atoms with Crippen LogP contribution in [0.25, 0.3) is 0 Å². The minimum atomic E-state index is -0.318. The van der Waals surface area contributed by atoms with Gasteiger partial charge in [-0.15, -0.1) is 0 Å². The van der Waals surface area contributed by atoms with Crippen LogP contribution in [-0.2, 0) is 19.1 Å². The lowest BCUT2D eigenvalue weighted by Crippen LogP contribution is -2.36. The molecular formula is C29H43NO6. The summed E-state index contributed by atoms with van der Waals surface area (Å²) in [5, 5.41) is 11.7. The zero-order valence-corrected chi connectivity index (χ0v) is 22.3. The second-order valence-corrected chi connectivity index (χ2v) is 9.73. The van der Waals surface area contributed by atoms with Gasteiger partial charge in [-0.1, -0.05) is 49.2 Å². The van der Waals surface area contributed by atoms with Gasteiger partial charge in [0.2, 0.25) is 0 Å². The van der Waals surface area contributed by atoms with Gasteiger partial charge in [-0.05, 0) is 84.2 Å². The molecule has 2 aromatic carbocycles. The molecule has 1 aliphatic heterocycles. The minimum Gasteiger partial charge on any atom is -0.508 e. The summed E-state index contributed by atoms with van der Waals surface area (Å²) >= 11 is 0. The number of benzene rings is 2. The number of phenolic OH excluding ortho intramolecular Hbond substituents is 1. The average Bonchev–Trinajstić information content (AvgIpc) is 2.89. The maximum absolute atomic E-state index is 12.0. The van der Waals surface area contributed by atoms with Crippen molar-refractivity contribution in [3.05, 3.63) is 60.7 Å². The van der Waals surface area contributed by atoms with Crippen molar-refractivity contribution in [3.8, 4) is 11.5 Å². The van der Waals surface area contributed by atoms with Crippen molar-refractivity contribution >= 4 is 12.4 Å². The molecule has 2 aromatic rings. The first-order valence-corrected chi connectivity index (χ1v) is 12.6. The Bertz CT molecular complexity index is 838. The first-order chi connectivity index (χ1) is 17.1. The summed E-state index contributed by atoms with van der Waals surface area (Å²) in [5.74, 6) is 1.67. The van der Waals surface area contributed by atoms with Crippen LogP contribution in [0.3, 0.4) is 0 Å². The fourth-order valence-electron chi connectivity index (χ4n) is 3.60. The number of likely N-dealkylation sites (N-methyl/N-ethyl adjacent to an activating group) is 1. The molecule has 200 valence electrons. The Balaban J connectivity index is 0.000000376. The molecule has 2 N–H and O–H groups in total. The fraction of sp³-hybridized carbons (Fsp3) is 0.517. The van der Waals surface area contributed by atoms with E-state index in [1.807, 2.05) is 71.1 Å². The molecule has 1 saturated heterocycles. The quantitative estimate of drug-likeness (QED) is 0.398. The van der Waals surface area contributed by atoms with E-state index in [1.54, 1.807) is 24.3 Å². The SMILES string of the molecule is CC(C)(C)OC=O.CN[C@H]1CCCC(CCOc2ccccc2)CC(C)OC1=O.Oc1ccccc1. The van der Waals surface area contributed by atoms with Crippen molar-refractivity contribution in [1.29, 1.82) is 0 Å². The predicted molar refractivity (Wildman–Crippen MR) is 142 cm³/mol. The summed E-state index contributed by atoms with van der Waals surface area (Å²) < 4.78 is 15.9. The van der Waals surface area contributed by atoms with Gasteiger partial charge in [0.1, 0.15) is 23.1 Å². The highest BCUT2D eigenvalue weighted by Gasteiger charge is 2.25. The van der Waals surface area contributed by atoms with E-state index in [2.05, 4.69) is 10.1 Å².